The summed E-state index contributed by atoms with van der Waals surface area (Å²) in [5.74, 6) is -0.601. The Balaban J connectivity index is 2.79. The number of hydrogen-bond acceptors (Lipinski definition) is 5. The predicted octanol–water partition coefficient (Wildman–Crippen LogP) is 1.04. The Kier molecular flexibility index (Phi) is 3.86. The minimum atomic E-state index is -4.54. The molecule has 0 radical (unpaired) electrons. The monoisotopic (exact) mass is 246 g/mol. The maximum Gasteiger partial charge on any atom is 0.446 e. The van der Waals surface area contributed by atoms with E-state index in [1.54, 1.807) is 6.92 Å². The molecule has 0 aliphatic carbocycles. The summed E-state index contributed by atoms with van der Waals surface area (Å²) in [5, 5.41) is 0. The van der Waals surface area contributed by atoms with E-state index in [0.717, 1.165) is 0 Å². The van der Waals surface area contributed by atoms with Gasteiger partial charge in [0.2, 0.25) is 0 Å². The molecular formula is C9H10O6S. The second kappa shape index (κ2) is 4.95. The normalized spacial score (nSPS) is 10.9. The highest BCUT2D eigenvalue weighted by Gasteiger charge is 2.09. The summed E-state index contributed by atoms with van der Waals surface area (Å²) in [4.78, 5) is 11.2. The number of carbonyl (C=O) groups excluding carboxylic acids is 1. The molecule has 1 aromatic rings. The molecule has 1 rings (SSSR count). The molecule has 88 valence electrons. The van der Waals surface area contributed by atoms with E-state index in [1.807, 2.05) is 0 Å². The molecule has 7 heteroatoms. The molecule has 0 heterocycles. The molecule has 0 aliphatic heterocycles. The lowest BCUT2D eigenvalue weighted by atomic mass is 10.2. The van der Waals surface area contributed by atoms with E-state index in [4.69, 9.17) is 9.29 Å². The molecule has 0 fully saturated rings. The Bertz CT molecular complexity index is 461. The van der Waals surface area contributed by atoms with Crippen LogP contribution in [0, 0.1) is 0 Å². The average Bonchev–Trinajstić information content (AvgIpc) is 2.16. The third-order valence-corrected chi connectivity index (χ3v) is 1.97. The van der Waals surface area contributed by atoms with Gasteiger partial charge in [-0.25, -0.2) is 4.79 Å². The molecular weight excluding hydrogens is 236 g/mol. The minimum absolute atomic E-state index is 0.0875. The average molecular weight is 246 g/mol. The van der Waals surface area contributed by atoms with Crippen LogP contribution in [0.4, 0.5) is 0 Å². The molecule has 0 spiro atoms. The predicted molar refractivity (Wildman–Crippen MR) is 54.6 cm³/mol. The van der Waals surface area contributed by atoms with Crippen LogP contribution in [0.3, 0.4) is 0 Å². The Hall–Kier alpha value is -1.60. The van der Waals surface area contributed by atoms with E-state index in [0.29, 0.717) is 0 Å². The molecule has 0 aromatic heterocycles. The van der Waals surface area contributed by atoms with Crippen LogP contribution in [0.1, 0.15) is 17.3 Å². The van der Waals surface area contributed by atoms with Crippen molar-refractivity contribution in [2.75, 3.05) is 6.61 Å². The Labute approximate surface area is 92.8 Å². The standard InChI is InChI=1S/C9H10O6S/c1-2-14-9(10)7-3-5-8(6-4-7)15-16(11,12)13/h3-6H,2H2,1H3,(H,11,12,13). The highest BCUT2D eigenvalue weighted by molar-refractivity contribution is 7.81. The number of hydrogen-bond donors (Lipinski definition) is 1. The van der Waals surface area contributed by atoms with E-state index >= 15 is 0 Å². The lowest BCUT2D eigenvalue weighted by Gasteiger charge is -2.03. The second-order valence-corrected chi connectivity index (χ2v) is 3.78. The van der Waals surface area contributed by atoms with Crippen molar-refractivity contribution in [3.8, 4) is 5.75 Å². The molecule has 1 aromatic carbocycles. The number of ether oxygens (including phenoxy) is 1. The third-order valence-electron chi connectivity index (χ3n) is 1.57. The fraction of sp³-hybridized carbons (Fsp3) is 0.222. The van der Waals surface area contributed by atoms with Gasteiger partial charge >= 0.3 is 16.4 Å². The van der Waals surface area contributed by atoms with Gasteiger partial charge in [-0.15, -0.1) is 0 Å². The molecule has 6 nitrogen and oxygen atoms in total. The topological polar surface area (TPSA) is 89.9 Å². The van der Waals surface area contributed by atoms with Gasteiger partial charge in [-0.2, -0.15) is 8.42 Å². The van der Waals surface area contributed by atoms with Crippen LogP contribution >= 0.6 is 0 Å². The second-order valence-electron chi connectivity index (χ2n) is 2.76. The molecule has 0 atom stereocenters. The zero-order chi connectivity index (χ0) is 12.2. The molecule has 0 amide bonds. The Morgan fingerprint density at radius 3 is 2.31 bits per heavy atom. The van der Waals surface area contributed by atoms with Crippen molar-refractivity contribution >= 4 is 16.4 Å². The first kappa shape index (κ1) is 12.5. The van der Waals surface area contributed by atoms with Gasteiger partial charge in [0.15, 0.2) is 0 Å². The van der Waals surface area contributed by atoms with Crippen LogP contribution in [-0.2, 0) is 15.1 Å². The molecule has 1 N–H and O–H groups in total. The van der Waals surface area contributed by atoms with Gasteiger partial charge in [0.25, 0.3) is 0 Å². The van der Waals surface area contributed by atoms with Gasteiger partial charge in [0.1, 0.15) is 5.75 Å². The van der Waals surface area contributed by atoms with Gasteiger partial charge in [0.05, 0.1) is 12.2 Å². The number of rotatable bonds is 4. The highest BCUT2D eigenvalue weighted by Crippen LogP contribution is 2.14. The zero-order valence-corrected chi connectivity index (χ0v) is 9.23. The maximum atomic E-state index is 11.2. The first-order chi connectivity index (χ1) is 7.42. The van der Waals surface area contributed by atoms with Crippen molar-refractivity contribution in [3.63, 3.8) is 0 Å². The lowest BCUT2D eigenvalue weighted by molar-refractivity contribution is 0.0526. The van der Waals surface area contributed by atoms with Gasteiger partial charge in [0, 0.05) is 0 Å². The van der Waals surface area contributed by atoms with E-state index in [9.17, 15) is 13.2 Å². The SMILES string of the molecule is CCOC(=O)c1ccc(OS(=O)(=O)O)cc1. The molecule has 0 aliphatic rings. The lowest BCUT2D eigenvalue weighted by Crippen LogP contribution is -2.07. The van der Waals surface area contributed by atoms with Crippen molar-refractivity contribution in [3.05, 3.63) is 29.8 Å². The summed E-state index contributed by atoms with van der Waals surface area (Å²) >= 11 is 0. The van der Waals surface area contributed by atoms with Gasteiger partial charge in [-0.1, -0.05) is 0 Å². The summed E-state index contributed by atoms with van der Waals surface area (Å²) < 4.78 is 38.0. The van der Waals surface area contributed by atoms with Crippen LogP contribution in [0.5, 0.6) is 5.75 Å². The summed E-state index contributed by atoms with van der Waals surface area (Å²) in [6, 6.07) is 5.14. The molecule has 0 bridgehead atoms. The zero-order valence-electron chi connectivity index (χ0n) is 8.41. The van der Waals surface area contributed by atoms with Crippen LogP contribution in [0.25, 0.3) is 0 Å². The molecule has 16 heavy (non-hydrogen) atoms. The van der Waals surface area contributed by atoms with Gasteiger partial charge in [-0.3, -0.25) is 4.55 Å². The highest BCUT2D eigenvalue weighted by atomic mass is 32.3. The molecule has 0 saturated heterocycles. The maximum absolute atomic E-state index is 11.2. The van der Waals surface area contributed by atoms with Crippen LogP contribution in [0.15, 0.2) is 24.3 Å². The number of carbonyl (C=O) groups is 1. The first-order valence-electron chi connectivity index (χ1n) is 4.36. The molecule has 0 unspecified atom stereocenters. The van der Waals surface area contributed by atoms with E-state index in [-0.39, 0.29) is 17.9 Å². The fourth-order valence-corrected chi connectivity index (χ4v) is 1.34. The molecule has 0 saturated carbocycles. The fourth-order valence-electron chi connectivity index (χ4n) is 0.983. The van der Waals surface area contributed by atoms with Crippen molar-refractivity contribution in [1.82, 2.24) is 0 Å². The van der Waals surface area contributed by atoms with Crippen molar-refractivity contribution in [2.24, 2.45) is 0 Å². The van der Waals surface area contributed by atoms with Crippen molar-refractivity contribution in [1.29, 1.82) is 0 Å². The number of esters is 1. The van der Waals surface area contributed by atoms with Gasteiger partial charge < -0.3 is 8.92 Å². The van der Waals surface area contributed by atoms with Crippen LogP contribution in [-0.4, -0.2) is 25.5 Å². The Morgan fingerprint density at radius 1 is 1.31 bits per heavy atom. The summed E-state index contributed by atoms with van der Waals surface area (Å²) in [6.07, 6.45) is 0. The smallest absolute Gasteiger partial charge is 0.446 e. The Morgan fingerprint density at radius 2 is 1.88 bits per heavy atom. The first-order valence-corrected chi connectivity index (χ1v) is 5.73. The third kappa shape index (κ3) is 3.87. The summed E-state index contributed by atoms with van der Waals surface area (Å²) in [6.45, 7) is 1.93. The van der Waals surface area contributed by atoms with E-state index in [1.165, 1.54) is 24.3 Å². The van der Waals surface area contributed by atoms with Crippen LogP contribution < -0.4 is 4.18 Å². The van der Waals surface area contributed by atoms with E-state index in [2.05, 4.69) is 4.18 Å². The quantitative estimate of drug-likeness (QED) is 0.630. The van der Waals surface area contributed by atoms with E-state index < -0.39 is 16.4 Å². The minimum Gasteiger partial charge on any atom is -0.462 e. The largest absolute Gasteiger partial charge is 0.462 e. The summed E-state index contributed by atoms with van der Waals surface area (Å²) in [7, 11) is -4.54. The van der Waals surface area contributed by atoms with Crippen LogP contribution in [0.2, 0.25) is 0 Å². The number of benzene rings is 1. The van der Waals surface area contributed by atoms with Gasteiger partial charge in [-0.05, 0) is 31.2 Å². The summed E-state index contributed by atoms with van der Waals surface area (Å²) in [5.41, 5.74) is 0.268. The van der Waals surface area contributed by atoms with Crippen molar-refractivity contribution < 1.29 is 26.7 Å². The van der Waals surface area contributed by atoms with Crippen molar-refractivity contribution in [2.45, 2.75) is 6.92 Å².